The molecule has 2 aliphatic rings. The van der Waals surface area contributed by atoms with Gasteiger partial charge in [0.1, 0.15) is 23.0 Å². The molecule has 0 saturated carbocycles. The zero-order chi connectivity index (χ0) is 71.7. The van der Waals surface area contributed by atoms with Crippen LogP contribution in [0.5, 0.6) is 23.0 Å². The van der Waals surface area contributed by atoms with E-state index in [4.69, 9.17) is 28.9 Å². The van der Waals surface area contributed by atoms with Gasteiger partial charge in [-0.2, -0.15) is 0 Å². The first-order valence-electron chi connectivity index (χ1n) is 37.6. The van der Waals surface area contributed by atoms with Gasteiger partial charge >= 0.3 is 0 Å². The molecule has 17 aromatic rings. The van der Waals surface area contributed by atoms with E-state index in [-0.39, 0.29) is 0 Å². The maximum atomic E-state index is 6.95. The molecule has 2 aliphatic heterocycles. The van der Waals surface area contributed by atoms with Crippen LogP contribution in [-0.4, -0.2) is 46.4 Å². The standard InChI is InChI=1S/C96H78N8O4/c1-13-33-101(34-14-1)41-21-45-105-75-49-73(50-76(61-75)106-46-22-42-102-35-15-2-16-36-102)91-93-83-57-69-29-9-5-25-65(69)53-79(83)87(97-93)63-89-81-55-67-27-7-11-31-71(67)59-85(81)95(99-89)92(74-51-77(107-47-23-43-103-37-17-3-18-38-103)62-78(52-74)108-48-24-44-104-39-19-4-20-40-104)96-86-60-72-32-12-8-28-68(72)56-82(86)90(100-96)64-88-80-54-66-26-6-10-30-70(66)58-84(80)94(91)98-88/h1-20,25-40,49-64,97,100H,21-24,41-48H2/q+4. The number of pyridine rings is 4. The molecule has 10 aromatic carbocycles. The van der Waals surface area contributed by atoms with E-state index in [1.54, 1.807) is 0 Å². The molecule has 522 valence electrons. The van der Waals surface area contributed by atoms with Gasteiger partial charge in [-0.25, -0.2) is 28.2 Å². The number of hydrogen-bond acceptors (Lipinski definition) is 6. The van der Waals surface area contributed by atoms with Gasteiger partial charge in [-0.1, -0.05) is 121 Å². The van der Waals surface area contributed by atoms with Gasteiger partial charge in [0.2, 0.25) is 0 Å². The molecule has 0 fully saturated rings. The lowest BCUT2D eigenvalue weighted by Crippen LogP contribution is -2.33. The van der Waals surface area contributed by atoms with Crippen molar-refractivity contribution in [2.24, 2.45) is 0 Å². The van der Waals surface area contributed by atoms with Gasteiger partial charge in [-0.05, 0) is 139 Å². The predicted octanol–water partition coefficient (Wildman–Crippen LogP) is 20.3. The summed E-state index contributed by atoms with van der Waals surface area (Å²) in [7, 11) is 0. The van der Waals surface area contributed by atoms with E-state index in [1.807, 2.05) is 24.3 Å². The van der Waals surface area contributed by atoms with Crippen molar-refractivity contribution in [2.75, 3.05) is 26.4 Å². The lowest BCUT2D eigenvalue weighted by molar-refractivity contribution is -0.697. The van der Waals surface area contributed by atoms with Crippen LogP contribution in [0.1, 0.15) is 25.7 Å². The van der Waals surface area contributed by atoms with Crippen LogP contribution in [0.15, 0.2) is 316 Å². The predicted molar refractivity (Wildman–Crippen MR) is 433 cm³/mol. The summed E-state index contributed by atoms with van der Waals surface area (Å²) in [6.07, 6.45) is 20.0. The SMILES string of the molecule is c1cc[n+](CCCOc2cc(OCCC[n+]3ccccc3)cc(-c3c4nc(cc5[nH]c(c(-c6cc(OCCC[n+]7ccccc7)cc(OCCC[n+]7ccccc7)c6)c6nc(cc7[nH]c3c3cc8ccccc8cc73)-c3cc7ccccc7cc3-6)c3cc6ccccc6cc53)-c3cc5ccccc5cc3-4)c2)cc1. The van der Waals surface area contributed by atoms with E-state index in [1.165, 1.54) is 0 Å². The molecule has 0 amide bonds. The number of aryl methyl sites for hydroxylation is 4. The van der Waals surface area contributed by atoms with Gasteiger partial charge < -0.3 is 28.9 Å². The summed E-state index contributed by atoms with van der Waals surface area (Å²) in [6, 6.07) is 95.6. The fourth-order valence-electron chi connectivity index (χ4n) is 15.8. The molecular weight excluding hydrogens is 1330 g/mol. The molecule has 0 spiro atoms. The molecule has 0 aliphatic carbocycles. The molecule has 0 atom stereocenters. The van der Waals surface area contributed by atoms with Gasteiger partial charge in [0.05, 0.1) is 60.2 Å². The van der Waals surface area contributed by atoms with E-state index < -0.39 is 0 Å². The van der Waals surface area contributed by atoms with Crippen LogP contribution in [0.2, 0.25) is 0 Å². The van der Waals surface area contributed by atoms with Crippen molar-refractivity contribution in [3.63, 3.8) is 0 Å². The van der Waals surface area contributed by atoms with Gasteiger partial charge in [0.15, 0.2) is 75.8 Å². The summed E-state index contributed by atoms with van der Waals surface area (Å²) >= 11 is 0. The Morgan fingerprint density at radius 3 is 0.824 bits per heavy atom. The molecule has 2 N–H and O–H groups in total. The summed E-state index contributed by atoms with van der Waals surface area (Å²) in [4.78, 5) is 20.7. The largest absolute Gasteiger partial charge is 0.493 e. The van der Waals surface area contributed by atoms with Crippen molar-refractivity contribution in [2.45, 2.75) is 51.9 Å². The molecule has 9 heterocycles. The molecular formula is C96H78N8O4+4. The number of aromatic nitrogens is 8. The molecule has 7 aromatic heterocycles. The van der Waals surface area contributed by atoms with Crippen molar-refractivity contribution >= 4 is 86.7 Å². The summed E-state index contributed by atoms with van der Waals surface area (Å²) in [6.45, 7) is 5.16. The molecule has 0 radical (unpaired) electrons. The fourth-order valence-corrected chi connectivity index (χ4v) is 15.8. The summed E-state index contributed by atoms with van der Waals surface area (Å²) in [5.41, 5.74) is 14.5. The van der Waals surface area contributed by atoms with Crippen molar-refractivity contribution in [1.82, 2.24) is 19.9 Å². The number of hydrogen-bond donors (Lipinski definition) is 2. The van der Waals surface area contributed by atoms with Gasteiger partial charge in [-0.15, -0.1) is 0 Å². The highest BCUT2D eigenvalue weighted by molar-refractivity contribution is 6.21. The van der Waals surface area contributed by atoms with Crippen LogP contribution in [-0.2, 0) is 26.2 Å². The Morgan fingerprint density at radius 1 is 0.259 bits per heavy atom. The molecule has 12 heteroatoms. The van der Waals surface area contributed by atoms with Crippen molar-refractivity contribution < 1.29 is 37.2 Å². The fraction of sp³-hybridized carbons (Fsp3) is 0.125. The first-order valence-corrected chi connectivity index (χ1v) is 37.6. The summed E-state index contributed by atoms with van der Waals surface area (Å²) in [5.74, 6) is 2.82. The molecule has 19 rings (SSSR count). The molecule has 12 nitrogen and oxygen atoms in total. The highest BCUT2D eigenvalue weighted by Gasteiger charge is 2.29. The Kier molecular flexibility index (Phi) is 17.6. The number of ether oxygens (including phenoxy) is 4. The third-order valence-electron chi connectivity index (χ3n) is 21.0. The number of nitrogens with zero attached hydrogens (tertiary/aromatic N) is 6. The third-order valence-corrected chi connectivity index (χ3v) is 21.0. The maximum absolute atomic E-state index is 6.95. The number of rotatable bonds is 22. The van der Waals surface area contributed by atoms with E-state index in [0.29, 0.717) is 49.4 Å². The van der Waals surface area contributed by atoms with E-state index in [2.05, 4.69) is 320 Å². The minimum absolute atomic E-state index is 0.486. The van der Waals surface area contributed by atoms with Crippen LogP contribution in [0, 0.1) is 0 Å². The van der Waals surface area contributed by atoms with E-state index in [0.717, 1.165) is 206 Å². The van der Waals surface area contributed by atoms with Crippen LogP contribution in [0.25, 0.3) is 154 Å². The molecule has 0 unspecified atom stereocenters. The second-order valence-corrected chi connectivity index (χ2v) is 28.2. The topological polar surface area (TPSA) is 110 Å². The first kappa shape index (κ1) is 65.4. The average molecular weight is 1410 g/mol. The Hall–Kier alpha value is -13.3. The highest BCUT2D eigenvalue weighted by Crippen LogP contribution is 2.51. The van der Waals surface area contributed by atoms with Crippen LogP contribution in [0.4, 0.5) is 0 Å². The van der Waals surface area contributed by atoms with Crippen LogP contribution < -0.4 is 37.2 Å². The average Bonchev–Trinajstić information content (AvgIpc) is 1.56. The molecule has 108 heavy (non-hydrogen) atoms. The minimum Gasteiger partial charge on any atom is -0.493 e. The third kappa shape index (κ3) is 13.2. The summed E-state index contributed by atoms with van der Waals surface area (Å²) < 4.78 is 36.6. The molecule has 8 bridgehead atoms. The Labute approximate surface area is 625 Å². The lowest BCUT2D eigenvalue weighted by atomic mass is 9.93. The van der Waals surface area contributed by atoms with Crippen molar-refractivity contribution in [3.8, 4) is 90.3 Å². The second kappa shape index (κ2) is 29.0. The van der Waals surface area contributed by atoms with Crippen LogP contribution in [0.3, 0.4) is 0 Å². The van der Waals surface area contributed by atoms with Crippen LogP contribution >= 0.6 is 0 Å². The van der Waals surface area contributed by atoms with E-state index >= 15 is 0 Å². The van der Waals surface area contributed by atoms with Gasteiger partial charge in [0, 0.05) is 152 Å². The number of fused-ring (bicyclic) bond motifs is 24. The smallest absolute Gasteiger partial charge is 0.168 e. The number of benzene rings is 10. The monoisotopic (exact) mass is 1410 g/mol. The number of H-pyrrole nitrogens is 2. The zero-order valence-electron chi connectivity index (χ0n) is 59.8. The number of nitrogens with one attached hydrogen (secondary N) is 2. The lowest BCUT2D eigenvalue weighted by Gasteiger charge is -2.14. The molecule has 0 saturated heterocycles. The Morgan fingerprint density at radius 2 is 0.528 bits per heavy atom. The Balaban J connectivity index is 0.908. The van der Waals surface area contributed by atoms with Crippen molar-refractivity contribution in [1.29, 1.82) is 0 Å². The summed E-state index contributed by atoms with van der Waals surface area (Å²) in [5, 5.41) is 13.0. The minimum atomic E-state index is 0.486. The van der Waals surface area contributed by atoms with Gasteiger partial charge in [-0.3, -0.25) is 0 Å². The highest BCUT2D eigenvalue weighted by atomic mass is 16.5. The maximum Gasteiger partial charge on any atom is 0.168 e. The second-order valence-electron chi connectivity index (χ2n) is 28.2. The number of aromatic amines is 2. The normalized spacial score (nSPS) is 11.8. The quantitative estimate of drug-likeness (QED) is 0.0517. The zero-order valence-corrected chi connectivity index (χ0v) is 59.8. The Bertz CT molecular complexity index is 5940. The van der Waals surface area contributed by atoms with E-state index in [9.17, 15) is 0 Å². The van der Waals surface area contributed by atoms with Crippen molar-refractivity contribution in [3.05, 3.63) is 316 Å². The van der Waals surface area contributed by atoms with Gasteiger partial charge in [0.25, 0.3) is 0 Å². The first-order chi connectivity index (χ1) is 53.5.